The molecule has 2 fully saturated rings. The van der Waals surface area contributed by atoms with Crippen LogP contribution in [0.3, 0.4) is 0 Å². The Kier molecular flexibility index (Phi) is 4.65. The van der Waals surface area contributed by atoms with Crippen LogP contribution in [0, 0.1) is 20.8 Å². The maximum Gasteiger partial charge on any atom is 0.129 e. The molecule has 0 atom stereocenters. The summed E-state index contributed by atoms with van der Waals surface area (Å²) < 4.78 is 5.51. The highest BCUT2D eigenvalue weighted by Crippen LogP contribution is 2.27. The van der Waals surface area contributed by atoms with Gasteiger partial charge in [-0.2, -0.15) is 0 Å². The summed E-state index contributed by atoms with van der Waals surface area (Å²) in [4.78, 5) is 10.2. The van der Waals surface area contributed by atoms with Gasteiger partial charge in [-0.05, 0) is 56.4 Å². The van der Waals surface area contributed by atoms with E-state index in [1.54, 1.807) is 0 Å². The molecule has 4 nitrogen and oxygen atoms in total. The average molecular weight is 339 g/mol. The van der Waals surface area contributed by atoms with Gasteiger partial charge in [-0.25, -0.2) is 4.98 Å². The van der Waals surface area contributed by atoms with E-state index in [1.807, 2.05) is 0 Å². The molecule has 2 saturated heterocycles. The van der Waals surface area contributed by atoms with E-state index in [1.165, 1.54) is 40.4 Å². The van der Waals surface area contributed by atoms with Gasteiger partial charge in [-0.15, -0.1) is 0 Å². The first-order chi connectivity index (χ1) is 12.1. The number of pyridine rings is 1. The van der Waals surface area contributed by atoms with Crippen LogP contribution in [0.1, 0.15) is 29.5 Å². The normalized spacial score (nSPS) is 20.4. The number of aryl methyl sites for hydroxylation is 3. The van der Waals surface area contributed by atoms with Crippen LogP contribution in [0.15, 0.2) is 18.2 Å². The van der Waals surface area contributed by atoms with E-state index in [9.17, 15) is 0 Å². The molecular weight excluding hydrogens is 310 g/mol. The van der Waals surface area contributed by atoms with Crippen LogP contribution in [0.2, 0.25) is 0 Å². The quantitative estimate of drug-likeness (QED) is 0.838. The highest BCUT2D eigenvalue weighted by Gasteiger charge is 2.26. The molecule has 2 aromatic rings. The van der Waals surface area contributed by atoms with E-state index < -0.39 is 0 Å². The number of hydrogen-bond acceptors (Lipinski definition) is 4. The summed E-state index contributed by atoms with van der Waals surface area (Å²) in [6.07, 6.45) is 2.37. The molecule has 2 aliphatic heterocycles. The molecule has 0 spiro atoms. The van der Waals surface area contributed by atoms with Crippen LogP contribution >= 0.6 is 0 Å². The minimum Gasteiger partial charge on any atom is -0.381 e. The highest BCUT2D eigenvalue weighted by molar-refractivity contribution is 5.87. The van der Waals surface area contributed by atoms with E-state index in [2.05, 4.69) is 48.8 Å². The fourth-order valence-electron chi connectivity index (χ4n) is 4.21. The number of nitrogens with zero attached hydrogens (tertiary/aromatic N) is 3. The van der Waals surface area contributed by atoms with Crippen molar-refractivity contribution in [3.05, 3.63) is 34.9 Å². The molecule has 2 aliphatic rings. The van der Waals surface area contributed by atoms with Crippen LogP contribution in [0.4, 0.5) is 5.82 Å². The van der Waals surface area contributed by atoms with Crippen molar-refractivity contribution in [2.75, 3.05) is 44.3 Å². The molecule has 4 rings (SSSR count). The summed E-state index contributed by atoms with van der Waals surface area (Å²) >= 11 is 0. The van der Waals surface area contributed by atoms with Gasteiger partial charge in [0.05, 0.1) is 5.52 Å². The first-order valence-electron chi connectivity index (χ1n) is 9.58. The fraction of sp³-hybridized carbons (Fsp3) is 0.571. The zero-order chi connectivity index (χ0) is 17.4. The van der Waals surface area contributed by atoms with Gasteiger partial charge in [0, 0.05) is 50.8 Å². The van der Waals surface area contributed by atoms with E-state index in [4.69, 9.17) is 9.72 Å². The summed E-state index contributed by atoms with van der Waals surface area (Å²) in [5.74, 6) is 1.14. The smallest absolute Gasteiger partial charge is 0.129 e. The lowest BCUT2D eigenvalue weighted by molar-refractivity contribution is 0.0321. The molecule has 0 N–H and O–H groups in total. The molecule has 0 radical (unpaired) electrons. The number of piperazine rings is 1. The van der Waals surface area contributed by atoms with Crippen molar-refractivity contribution in [3.63, 3.8) is 0 Å². The predicted molar refractivity (Wildman–Crippen MR) is 104 cm³/mol. The molecule has 0 bridgehead atoms. The van der Waals surface area contributed by atoms with Crippen molar-refractivity contribution < 1.29 is 4.74 Å². The Morgan fingerprint density at radius 3 is 2.40 bits per heavy atom. The number of fused-ring (bicyclic) bond motifs is 1. The Morgan fingerprint density at radius 1 is 0.960 bits per heavy atom. The molecule has 1 aromatic heterocycles. The predicted octanol–water partition coefficient (Wildman–Crippen LogP) is 3.46. The van der Waals surface area contributed by atoms with Crippen molar-refractivity contribution in [2.24, 2.45) is 0 Å². The number of anilines is 1. The van der Waals surface area contributed by atoms with Crippen LogP contribution in [0.5, 0.6) is 0 Å². The number of hydrogen-bond donors (Lipinski definition) is 0. The fourth-order valence-corrected chi connectivity index (χ4v) is 4.21. The standard InChI is InChI=1S/C21H29N3O/c1-15-4-5-19-16(2)14-20(22-21(19)17(15)3)24-10-8-23(9-11-24)18-6-12-25-13-7-18/h4-5,14,18H,6-13H2,1-3H3. The van der Waals surface area contributed by atoms with Gasteiger partial charge in [0.15, 0.2) is 0 Å². The summed E-state index contributed by atoms with van der Waals surface area (Å²) in [5.41, 5.74) is 5.13. The molecule has 0 amide bonds. The van der Waals surface area contributed by atoms with Gasteiger partial charge in [-0.3, -0.25) is 4.90 Å². The van der Waals surface area contributed by atoms with E-state index in [-0.39, 0.29) is 0 Å². The molecule has 1 aromatic carbocycles. The van der Waals surface area contributed by atoms with Gasteiger partial charge in [0.2, 0.25) is 0 Å². The van der Waals surface area contributed by atoms with Crippen LogP contribution in [-0.4, -0.2) is 55.3 Å². The van der Waals surface area contributed by atoms with Crippen molar-refractivity contribution in [2.45, 2.75) is 39.7 Å². The number of rotatable bonds is 2. The minimum absolute atomic E-state index is 0.715. The first-order valence-corrected chi connectivity index (χ1v) is 9.58. The molecule has 4 heteroatoms. The number of aromatic nitrogens is 1. The van der Waals surface area contributed by atoms with Gasteiger partial charge < -0.3 is 9.64 Å². The van der Waals surface area contributed by atoms with Crippen molar-refractivity contribution in [1.82, 2.24) is 9.88 Å². The van der Waals surface area contributed by atoms with Gasteiger partial charge in [0.1, 0.15) is 5.82 Å². The van der Waals surface area contributed by atoms with Gasteiger partial charge in [-0.1, -0.05) is 12.1 Å². The van der Waals surface area contributed by atoms with Crippen molar-refractivity contribution >= 4 is 16.7 Å². The Labute approximate surface area is 150 Å². The molecule has 0 aliphatic carbocycles. The third-order valence-corrected chi connectivity index (χ3v) is 6.04. The van der Waals surface area contributed by atoms with Crippen molar-refractivity contribution in [3.8, 4) is 0 Å². The Morgan fingerprint density at radius 2 is 1.68 bits per heavy atom. The molecule has 25 heavy (non-hydrogen) atoms. The third kappa shape index (κ3) is 3.25. The Bertz CT molecular complexity index is 759. The lowest BCUT2D eigenvalue weighted by Gasteiger charge is -2.41. The molecule has 0 saturated carbocycles. The maximum atomic E-state index is 5.51. The van der Waals surface area contributed by atoms with Gasteiger partial charge in [0.25, 0.3) is 0 Å². The van der Waals surface area contributed by atoms with Crippen LogP contribution < -0.4 is 4.90 Å². The molecular formula is C21H29N3O. The average Bonchev–Trinajstić information content (AvgIpc) is 2.66. The molecule has 3 heterocycles. The zero-order valence-corrected chi connectivity index (χ0v) is 15.7. The highest BCUT2D eigenvalue weighted by atomic mass is 16.5. The SMILES string of the molecule is Cc1ccc2c(C)cc(N3CCN(C4CCOCC4)CC3)nc2c1C. The van der Waals surface area contributed by atoms with Gasteiger partial charge >= 0.3 is 0 Å². The third-order valence-electron chi connectivity index (χ3n) is 6.04. The number of ether oxygens (including phenoxy) is 1. The van der Waals surface area contributed by atoms with Crippen LogP contribution in [0.25, 0.3) is 10.9 Å². The Balaban J connectivity index is 1.53. The summed E-state index contributed by atoms with van der Waals surface area (Å²) in [5, 5.41) is 1.28. The monoisotopic (exact) mass is 339 g/mol. The van der Waals surface area contributed by atoms with E-state index in [0.29, 0.717) is 6.04 Å². The summed E-state index contributed by atoms with van der Waals surface area (Å²) in [7, 11) is 0. The number of benzene rings is 1. The zero-order valence-electron chi connectivity index (χ0n) is 15.7. The minimum atomic E-state index is 0.715. The summed E-state index contributed by atoms with van der Waals surface area (Å²) in [6, 6.07) is 7.40. The molecule has 0 unspecified atom stereocenters. The lowest BCUT2D eigenvalue weighted by atomic mass is 10.0. The second-order valence-electron chi connectivity index (χ2n) is 7.57. The maximum absolute atomic E-state index is 5.51. The van der Waals surface area contributed by atoms with Crippen molar-refractivity contribution in [1.29, 1.82) is 0 Å². The van der Waals surface area contributed by atoms with E-state index >= 15 is 0 Å². The second kappa shape index (κ2) is 6.93. The largest absolute Gasteiger partial charge is 0.381 e. The first kappa shape index (κ1) is 16.8. The second-order valence-corrected chi connectivity index (χ2v) is 7.57. The lowest BCUT2D eigenvalue weighted by Crippen LogP contribution is -2.51. The topological polar surface area (TPSA) is 28.6 Å². The van der Waals surface area contributed by atoms with Crippen LogP contribution in [-0.2, 0) is 4.74 Å². The van der Waals surface area contributed by atoms with E-state index in [0.717, 1.165) is 45.2 Å². The summed E-state index contributed by atoms with van der Waals surface area (Å²) in [6.45, 7) is 12.8. The molecule has 134 valence electrons. The Hall–Kier alpha value is -1.65.